The summed E-state index contributed by atoms with van der Waals surface area (Å²) in [7, 11) is 0. The lowest BCUT2D eigenvalue weighted by molar-refractivity contribution is 0.0272. The fourth-order valence-corrected chi connectivity index (χ4v) is 2.08. The van der Waals surface area contributed by atoms with Crippen LogP contribution in [0.2, 0.25) is 0 Å². The number of unbranched alkanes of at least 4 members (excludes halogenated alkanes) is 1. The third-order valence-corrected chi connectivity index (χ3v) is 3.16. The molecule has 1 aliphatic heterocycles. The second kappa shape index (κ2) is 8.25. The Morgan fingerprint density at radius 2 is 2.28 bits per heavy atom. The minimum Gasteiger partial charge on any atom is -0.444 e. The fraction of sp³-hybridized carbons (Fsp3) is 0.500. The predicted molar refractivity (Wildman–Crippen MR) is 94.2 cm³/mol. The fourth-order valence-electron chi connectivity index (χ4n) is 2.08. The predicted octanol–water partition coefficient (Wildman–Crippen LogP) is 2.88. The first-order valence-electron chi connectivity index (χ1n) is 8.07. The molecule has 0 spiro atoms. The van der Waals surface area contributed by atoms with Gasteiger partial charge in [-0.2, -0.15) is 4.98 Å². The summed E-state index contributed by atoms with van der Waals surface area (Å²) >= 11 is 0. The van der Waals surface area contributed by atoms with Gasteiger partial charge in [-0.1, -0.05) is 12.0 Å². The molecule has 2 rings (SSSR count). The van der Waals surface area contributed by atoms with Gasteiger partial charge in [0.15, 0.2) is 0 Å². The first-order chi connectivity index (χ1) is 11.9. The highest BCUT2D eigenvalue weighted by Gasteiger charge is 2.26. The molecule has 0 fully saturated rings. The highest BCUT2D eigenvalue weighted by molar-refractivity contribution is 5.73. The summed E-state index contributed by atoms with van der Waals surface area (Å²) in [4.78, 5) is 18.1. The van der Waals surface area contributed by atoms with Gasteiger partial charge in [-0.3, -0.25) is 5.32 Å². The van der Waals surface area contributed by atoms with Crippen molar-refractivity contribution < 1.29 is 14.1 Å². The van der Waals surface area contributed by atoms with E-state index in [0.717, 1.165) is 5.57 Å². The van der Waals surface area contributed by atoms with E-state index in [4.69, 9.17) is 15.7 Å². The van der Waals surface area contributed by atoms with Gasteiger partial charge in [0.05, 0.1) is 6.54 Å². The van der Waals surface area contributed by atoms with Gasteiger partial charge < -0.3 is 14.2 Å². The topological polar surface area (TPSA) is 80.5 Å². The van der Waals surface area contributed by atoms with Crippen LogP contribution in [0.25, 0.3) is 5.57 Å². The zero-order valence-electron chi connectivity index (χ0n) is 14.8. The molecule has 25 heavy (non-hydrogen) atoms. The number of nitrogens with zero attached hydrogens (tertiary/aromatic N) is 3. The van der Waals surface area contributed by atoms with Gasteiger partial charge in [-0.05, 0) is 32.3 Å². The van der Waals surface area contributed by atoms with Crippen LogP contribution in [0.15, 0.2) is 10.6 Å². The van der Waals surface area contributed by atoms with Crippen LogP contribution in [-0.2, 0) is 4.74 Å². The minimum absolute atomic E-state index is 0.276. The van der Waals surface area contributed by atoms with Crippen molar-refractivity contribution in [2.45, 2.75) is 45.6 Å². The first-order valence-corrected chi connectivity index (χ1v) is 8.07. The summed E-state index contributed by atoms with van der Waals surface area (Å²) < 4.78 is 10.6. The van der Waals surface area contributed by atoms with E-state index in [1.807, 2.05) is 26.8 Å². The zero-order chi connectivity index (χ0) is 18.3. The van der Waals surface area contributed by atoms with E-state index >= 15 is 0 Å². The van der Waals surface area contributed by atoms with Gasteiger partial charge >= 0.3 is 6.09 Å². The molecule has 0 aromatic carbocycles. The molecule has 1 aromatic rings. The van der Waals surface area contributed by atoms with Crippen LogP contribution in [0, 0.1) is 24.3 Å². The Bertz CT molecular complexity index is 741. The van der Waals surface area contributed by atoms with Crippen molar-refractivity contribution in [1.82, 2.24) is 15.0 Å². The number of amides is 1. The smallest absolute Gasteiger partial charge is 0.410 e. The van der Waals surface area contributed by atoms with E-state index in [-0.39, 0.29) is 12.0 Å². The van der Waals surface area contributed by atoms with Crippen LogP contribution < -0.4 is 5.32 Å². The lowest BCUT2D eigenvalue weighted by Gasteiger charge is -2.29. The number of rotatable bonds is 3. The Hall–Kier alpha value is -2.93. The molecule has 132 valence electrons. The normalized spacial score (nSPS) is 14.0. The molecule has 0 atom stereocenters. The van der Waals surface area contributed by atoms with Crippen molar-refractivity contribution in [2.75, 3.05) is 18.4 Å². The quantitative estimate of drug-likeness (QED) is 0.517. The molecule has 1 amide bonds. The van der Waals surface area contributed by atoms with Crippen molar-refractivity contribution in [2.24, 2.45) is 0 Å². The van der Waals surface area contributed by atoms with Crippen LogP contribution in [0.4, 0.5) is 10.7 Å². The largest absolute Gasteiger partial charge is 0.444 e. The minimum atomic E-state index is -0.530. The van der Waals surface area contributed by atoms with Crippen molar-refractivity contribution in [3.8, 4) is 24.3 Å². The average Bonchev–Trinajstić information content (AvgIpc) is 3.02. The number of hydrogen-bond donors (Lipinski definition) is 1. The molecule has 0 radical (unpaired) electrons. The van der Waals surface area contributed by atoms with Gasteiger partial charge in [0.2, 0.25) is 0 Å². The Labute approximate surface area is 147 Å². The van der Waals surface area contributed by atoms with Crippen LogP contribution in [0.5, 0.6) is 0 Å². The van der Waals surface area contributed by atoms with Crippen molar-refractivity contribution in [3.05, 3.63) is 12.0 Å². The maximum Gasteiger partial charge on any atom is 0.410 e. The van der Waals surface area contributed by atoms with Gasteiger partial charge in [-0.15, -0.1) is 12.3 Å². The first kappa shape index (κ1) is 18.4. The Morgan fingerprint density at radius 3 is 3.00 bits per heavy atom. The maximum atomic E-state index is 12.2. The summed E-state index contributed by atoms with van der Waals surface area (Å²) in [6.45, 7) is 6.48. The summed E-state index contributed by atoms with van der Waals surface area (Å²) in [5.41, 5.74) is 0.260. The van der Waals surface area contributed by atoms with Crippen molar-refractivity contribution in [1.29, 1.82) is 0 Å². The number of hydrogen-bond acceptors (Lipinski definition) is 6. The van der Waals surface area contributed by atoms with Crippen LogP contribution in [0.1, 0.15) is 45.9 Å². The summed E-state index contributed by atoms with van der Waals surface area (Å²) in [5, 5.41) is 6.57. The summed E-state index contributed by atoms with van der Waals surface area (Å²) in [5.74, 6) is 6.01. The van der Waals surface area contributed by atoms with Gasteiger partial charge in [-0.25, -0.2) is 4.79 Å². The lowest BCUT2D eigenvalue weighted by atomic mass is 10.1. The molecule has 2 heterocycles. The number of nitrogens with one attached hydrogen (secondary N) is 1. The van der Waals surface area contributed by atoms with E-state index < -0.39 is 5.60 Å². The van der Waals surface area contributed by atoms with Crippen LogP contribution >= 0.6 is 0 Å². The van der Waals surface area contributed by atoms with Gasteiger partial charge in [0, 0.05) is 31.0 Å². The summed E-state index contributed by atoms with van der Waals surface area (Å²) in [6.07, 6.45) is 8.68. The van der Waals surface area contributed by atoms with E-state index in [0.29, 0.717) is 38.2 Å². The lowest BCUT2D eigenvalue weighted by Crippen LogP contribution is -2.39. The maximum absolute atomic E-state index is 12.2. The second-order valence-electron chi connectivity index (χ2n) is 6.47. The van der Waals surface area contributed by atoms with Crippen LogP contribution in [-0.4, -0.2) is 39.8 Å². The average molecular weight is 342 g/mol. The second-order valence-corrected chi connectivity index (χ2v) is 6.47. The van der Waals surface area contributed by atoms with E-state index in [1.165, 1.54) is 0 Å². The summed E-state index contributed by atoms with van der Waals surface area (Å²) in [6, 6.07) is 2.72. The number of ether oxygens (including phenoxy) is 1. The highest BCUT2D eigenvalue weighted by Crippen LogP contribution is 2.22. The molecule has 0 bridgehead atoms. The van der Waals surface area contributed by atoms with Crippen molar-refractivity contribution >= 4 is 17.6 Å². The number of carbonyl (C=O) groups excluding carboxylic acids is 1. The standard InChI is InChI=1S/C18H22N4O3/c1-5-6-7-8-11-19-16-20-15(25-21-16)14-10-9-12-22(13-14)17(23)24-18(2,3)4/h1,10H,6-7,9,12-13H2,2-4H3,(H,19,21). The van der Waals surface area contributed by atoms with Gasteiger partial charge in [0.1, 0.15) is 5.60 Å². The third-order valence-electron chi connectivity index (χ3n) is 3.16. The number of anilines is 1. The molecule has 1 aromatic heterocycles. The SMILES string of the molecule is C#CCCC#CNc1noc(C2=CCCN(C(=O)OC(C)(C)C)C2)n1. The number of carbonyl (C=O) groups is 1. The van der Waals surface area contributed by atoms with E-state index in [1.54, 1.807) is 4.90 Å². The molecule has 7 nitrogen and oxygen atoms in total. The van der Waals surface area contributed by atoms with Gasteiger partial charge in [0.25, 0.3) is 11.8 Å². The molecular weight excluding hydrogens is 320 g/mol. The number of terminal acetylenes is 1. The Kier molecular flexibility index (Phi) is 6.08. The zero-order valence-corrected chi connectivity index (χ0v) is 14.8. The molecule has 7 heteroatoms. The molecule has 1 aliphatic rings. The Balaban J connectivity index is 1.95. The molecule has 0 saturated heterocycles. The van der Waals surface area contributed by atoms with Crippen molar-refractivity contribution in [3.63, 3.8) is 0 Å². The molecule has 1 N–H and O–H groups in total. The molecular formula is C18H22N4O3. The Morgan fingerprint density at radius 1 is 1.48 bits per heavy atom. The van der Waals surface area contributed by atoms with E-state index in [2.05, 4.69) is 33.3 Å². The van der Waals surface area contributed by atoms with E-state index in [9.17, 15) is 4.79 Å². The molecule has 0 saturated carbocycles. The highest BCUT2D eigenvalue weighted by atomic mass is 16.6. The molecule has 0 aliphatic carbocycles. The third kappa shape index (κ3) is 5.89. The monoisotopic (exact) mass is 342 g/mol. The number of aromatic nitrogens is 2. The molecule has 0 unspecified atom stereocenters. The van der Waals surface area contributed by atoms with Crippen LogP contribution in [0.3, 0.4) is 0 Å².